The molecule has 0 fully saturated rings. The number of hydrogen-bond donors (Lipinski definition) is 1. The molecule has 0 spiro atoms. The van der Waals surface area contributed by atoms with Crippen LogP contribution in [0.15, 0.2) is 36.7 Å². The average Bonchev–Trinajstić information content (AvgIpc) is 3.34. The lowest BCUT2D eigenvalue weighted by Gasteiger charge is -2.16. The second-order valence-corrected chi connectivity index (χ2v) is 7.42. The van der Waals surface area contributed by atoms with Gasteiger partial charge in [0.05, 0.1) is 29.9 Å². The Bertz CT molecular complexity index is 1420. The van der Waals surface area contributed by atoms with Gasteiger partial charge in [-0.3, -0.25) is 14.2 Å². The Morgan fingerprint density at radius 3 is 2.14 bits per heavy atom. The number of methoxy groups -OCH3 is 1. The number of rotatable bonds is 8. The number of benzene rings is 2. The summed E-state index contributed by atoms with van der Waals surface area (Å²) < 4.78 is 70.3. The first kappa shape index (κ1) is 23.9. The van der Waals surface area contributed by atoms with Crippen LogP contribution >= 0.6 is 0 Å². The Balaban J connectivity index is 2.00. The van der Waals surface area contributed by atoms with Crippen LogP contribution in [0.3, 0.4) is 0 Å². The van der Waals surface area contributed by atoms with E-state index in [1.807, 2.05) is 0 Å². The molecule has 2 aromatic carbocycles. The normalized spacial score (nSPS) is 11.5. The van der Waals surface area contributed by atoms with E-state index in [9.17, 15) is 22.4 Å². The lowest BCUT2D eigenvalue weighted by molar-refractivity contribution is -0.0505. The van der Waals surface area contributed by atoms with Crippen molar-refractivity contribution in [1.82, 2.24) is 19.6 Å². The maximum Gasteiger partial charge on any atom is 0.387 e. The van der Waals surface area contributed by atoms with Crippen LogP contribution < -0.4 is 19.9 Å². The number of primary amides is 1. The standard InChI is InChI=1S/C22H19F4N5O4/c1-30-9-12(8-28-30)10-4-13-17(15(5-10)34-21(23)24)19(31(2)29-13)11-6-14(33-3)18(20(27)32)16(7-11)35-22(25)26/h4-9,21-22H,1-3H3,(H2,27,32). The van der Waals surface area contributed by atoms with Crippen molar-refractivity contribution in [1.29, 1.82) is 0 Å². The van der Waals surface area contributed by atoms with Crippen LogP contribution in [0.4, 0.5) is 17.6 Å². The van der Waals surface area contributed by atoms with E-state index in [2.05, 4.69) is 14.9 Å². The summed E-state index contributed by atoms with van der Waals surface area (Å²) in [7, 11) is 4.46. The highest BCUT2D eigenvalue weighted by Gasteiger charge is 2.25. The highest BCUT2D eigenvalue weighted by Crippen LogP contribution is 2.42. The van der Waals surface area contributed by atoms with Gasteiger partial charge in [0.15, 0.2) is 0 Å². The zero-order valence-corrected chi connectivity index (χ0v) is 18.6. The quantitative estimate of drug-likeness (QED) is 0.373. The van der Waals surface area contributed by atoms with Crippen molar-refractivity contribution in [3.63, 3.8) is 0 Å². The van der Waals surface area contributed by atoms with E-state index in [4.69, 9.17) is 15.2 Å². The molecule has 0 atom stereocenters. The molecule has 0 bridgehead atoms. The van der Waals surface area contributed by atoms with E-state index >= 15 is 0 Å². The summed E-state index contributed by atoms with van der Waals surface area (Å²) in [5.74, 6) is -1.95. The van der Waals surface area contributed by atoms with Gasteiger partial charge in [0, 0.05) is 31.4 Å². The Morgan fingerprint density at radius 2 is 1.57 bits per heavy atom. The predicted molar refractivity (Wildman–Crippen MR) is 117 cm³/mol. The average molecular weight is 493 g/mol. The van der Waals surface area contributed by atoms with Crippen LogP contribution in [0.25, 0.3) is 33.3 Å². The van der Waals surface area contributed by atoms with E-state index in [0.717, 1.165) is 6.07 Å². The minimum absolute atomic E-state index is 0.150. The fraction of sp³-hybridized carbons (Fsp3) is 0.227. The maximum atomic E-state index is 13.4. The number of ether oxygens (including phenoxy) is 3. The molecule has 0 saturated carbocycles. The summed E-state index contributed by atoms with van der Waals surface area (Å²) in [5, 5.41) is 8.66. The van der Waals surface area contributed by atoms with Crippen molar-refractivity contribution in [2.75, 3.05) is 7.11 Å². The first-order valence-corrected chi connectivity index (χ1v) is 10.0. The third-order valence-corrected chi connectivity index (χ3v) is 5.18. The Morgan fingerprint density at radius 1 is 0.943 bits per heavy atom. The number of aromatic nitrogens is 4. The fourth-order valence-corrected chi connectivity index (χ4v) is 3.87. The van der Waals surface area contributed by atoms with Crippen molar-refractivity contribution in [3.8, 4) is 39.6 Å². The van der Waals surface area contributed by atoms with Crippen LogP contribution in [0.1, 0.15) is 10.4 Å². The van der Waals surface area contributed by atoms with E-state index in [1.54, 1.807) is 30.2 Å². The van der Waals surface area contributed by atoms with E-state index in [0.29, 0.717) is 11.1 Å². The number of aryl methyl sites for hydroxylation is 2. The number of carbonyl (C=O) groups excluding carboxylic acids is 1. The number of carbonyl (C=O) groups is 1. The number of halogens is 4. The van der Waals surface area contributed by atoms with Gasteiger partial charge in [0.2, 0.25) is 0 Å². The topological polar surface area (TPSA) is 106 Å². The van der Waals surface area contributed by atoms with Crippen molar-refractivity contribution in [2.24, 2.45) is 19.8 Å². The van der Waals surface area contributed by atoms with Gasteiger partial charge in [0.1, 0.15) is 22.8 Å². The fourth-order valence-electron chi connectivity index (χ4n) is 3.87. The van der Waals surface area contributed by atoms with Crippen LogP contribution in [0.5, 0.6) is 17.2 Å². The molecule has 0 aliphatic rings. The number of hydrogen-bond acceptors (Lipinski definition) is 6. The predicted octanol–water partition coefficient (Wildman–Crippen LogP) is 3.95. The lowest BCUT2D eigenvalue weighted by atomic mass is 10.0. The highest BCUT2D eigenvalue weighted by atomic mass is 19.3. The summed E-state index contributed by atoms with van der Waals surface area (Å²) in [6, 6.07) is 5.53. The largest absolute Gasteiger partial charge is 0.496 e. The molecular formula is C22H19F4N5O4. The minimum atomic E-state index is -3.27. The summed E-state index contributed by atoms with van der Waals surface area (Å²) in [6.45, 7) is -6.42. The third-order valence-electron chi connectivity index (χ3n) is 5.18. The Kier molecular flexibility index (Phi) is 6.24. The van der Waals surface area contributed by atoms with Gasteiger partial charge in [-0.1, -0.05) is 0 Å². The van der Waals surface area contributed by atoms with Gasteiger partial charge in [-0.2, -0.15) is 27.8 Å². The molecule has 184 valence electrons. The summed E-state index contributed by atoms with van der Waals surface area (Å²) in [5.41, 5.74) is 6.79. The molecule has 2 N–H and O–H groups in total. The van der Waals surface area contributed by atoms with Gasteiger partial charge < -0.3 is 19.9 Å². The van der Waals surface area contributed by atoms with Gasteiger partial charge in [-0.05, 0) is 29.8 Å². The molecule has 0 aliphatic carbocycles. The molecule has 35 heavy (non-hydrogen) atoms. The minimum Gasteiger partial charge on any atom is -0.496 e. The SMILES string of the molecule is COc1cc(-c2c3c(OC(F)F)cc(-c4cnn(C)c4)cc3nn2C)cc(OC(F)F)c1C(N)=O. The van der Waals surface area contributed by atoms with Crippen molar-refractivity contribution < 1.29 is 36.6 Å². The van der Waals surface area contributed by atoms with Gasteiger partial charge in [-0.15, -0.1) is 0 Å². The number of fused-ring (bicyclic) bond motifs is 1. The molecule has 1 amide bonds. The third kappa shape index (κ3) is 4.56. The zero-order valence-electron chi connectivity index (χ0n) is 18.6. The molecule has 4 rings (SSSR count). The second kappa shape index (κ2) is 9.16. The number of alkyl halides is 4. The highest BCUT2D eigenvalue weighted by molar-refractivity contribution is 6.03. The molecule has 0 radical (unpaired) electrons. The van der Waals surface area contributed by atoms with Gasteiger partial charge in [0.25, 0.3) is 5.91 Å². The summed E-state index contributed by atoms with van der Waals surface area (Å²) in [4.78, 5) is 11.9. The van der Waals surface area contributed by atoms with Crippen LogP contribution in [0, 0.1) is 0 Å². The van der Waals surface area contributed by atoms with E-state index in [-0.39, 0.29) is 33.7 Å². The number of nitrogens with zero attached hydrogens (tertiary/aromatic N) is 4. The Hall–Kier alpha value is -4.29. The van der Waals surface area contributed by atoms with Crippen molar-refractivity contribution >= 4 is 16.8 Å². The molecular weight excluding hydrogens is 474 g/mol. The molecule has 9 nitrogen and oxygen atoms in total. The van der Waals surface area contributed by atoms with Crippen molar-refractivity contribution in [3.05, 3.63) is 42.2 Å². The molecule has 0 aliphatic heterocycles. The molecule has 2 aromatic heterocycles. The van der Waals surface area contributed by atoms with Gasteiger partial charge >= 0.3 is 13.2 Å². The van der Waals surface area contributed by atoms with Crippen LogP contribution in [0.2, 0.25) is 0 Å². The van der Waals surface area contributed by atoms with Crippen LogP contribution in [-0.4, -0.2) is 45.8 Å². The first-order chi connectivity index (χ1) is 16.6. The molecule has 13 heteroatoms. The second-order valence-electron chi connectivity index (χ2n) is 7.42. The van der Waals surface area contributed by atoms with E-state index in [1.165, 1.54) is 31.0 Å². The monoisotopic (exact) mass is 493 g/mol. The van der Waals surface area contributed by atoms with E-state index < -0.39 is 30.4 Å². The number of amides is 1. The lowest BCUT2D eigenvalue weighted by Crippen LogP contribution is -2.16. The molecule has 2 heterocycles. The maximum absolute atomic E-state index is 13.4. The smallest absolute Gasteiger partial charge is 0.387 e. The molecule has 4 aromatic rings. The Labute approximate surface area is 195 Å². The number of nitrogens with two attached hydrogens (primary N) is 1. The molecule has 0 unspecified atom stereocenters. The zero-order chi connectivity index (χ0) is 25.4. The first-order valence-electron chi connectivity index (χ1n) is 10.0. The van der Waals surface area contributed by atoms with Crippen molar-refractivity contribution in [2.45, 2.75) is 13.2 Å². The molecule has 0 saturated heterocycles. The summed E-state index contributed by atoms with van der Waals surface area (Å²) >= 11 is 0. The van der Waals surface area contributed by atoms with Gasteiger partial charge in [-0.25, -0.2) is 0 Å². The van der Waals surface area contributed by atoms with Crippen LogP contribution in [-0.2, 0) is 14.1 Å². The summed E-state index contributed by atoms with van der Waals surface area (Å²) in [6.07, 6.45) is 3.25.